The highest BCUT2D eigenvalue weighted by atomic mass is 15.2. The Morgan fingerprint density at radius 3 is 2.87 bits per heavy atom. The van der Waals surface area contributed by atoms with Crippen molar-refractivity contribution in [2.45, 2.75) is 45.2 Å². The molecule has 0 aromatic carbocycles. The highest BCUT2D eigenvalue weighted by Gasteiger charge is 2.30. The third-order valence-corrected chi connectivity index (χ3v) is 3.60. The number of likely N-dealkylation sites (tertiary alicyclic amines) is 1. The first kappa shape index (κ1) is 10.5. The molecule has 1 aliphatic heterocycles. The summed E-state index contributed by atoms with van der Waals surface area (Å²) in [5, 5.41) is 0. The molecule has 1 unspecified atom stereocenters. The zero-order valence-electron chi connectivity index (χ0n) is 9.66. The lowest BCUT2D eigenvalue weighted by Crippen LogP contribution is -2.46. The second-order valence-corrected chi connectivity index (χ2v) is 4.57. The van der Waals surface area contributed by atoms with Crippen molar-refractivity contribution in [3.63, 3.8) is 0 Å². The molecule has 1 heterocycles. The second-order valence-electron chi connectivity index (χ2n) is 4.57. The molecule has 0 aromatic heterocycles. The Hall–Kier alpha value is -1.00. The SMILES string of the molecule is C#CCN1C(C)CC2=CCCC=C2[C@H]1C. The van der Waals surface area contributed by atoms with E-state index >= 15 is 0 Å². The van der Waals surface area contributed by atoms with Crippen molar-refractivity contribution in [3.8, 4) is 12.3 Å². The maximum Gasteiger partial charge on any atom is 0.0606 e. The van der Waals surface area contributed by atoms with E-state index in [0.29, 0.717) is 12.1 Å². The number of allylic oxidation sites excluding steroid dienone is 2. The van der Waals surface area contributed by atoms with Crippen LogP contribution in [-0.4, -0.2) is 23.5 Å². The van der Waals surface area contributed by atoms with E-state index in [1.54, 1.807) is 5.57 Å². The molecule has 15 heavy (non-hydrogen) atoms. The van der Waals surface area contributed by atoms with Crippen molar-refractivity contribution in [1.82, 2.24) is 4.90 Å². The van der Waals surface area contributed by atoms with Gasteiger partial charge in [-0.15, -0.1) is 6.42 Å². The van der Waals surface area contributed by atoms with Crippen LogP contribution in [0.3, 0.4) is 0 Å². The Morgan fingerprint density at radius 1 is 1.40 bits per heavy atom. The first-order valence-corrected chi connectivity index (χ1v) is 5.82. The van der Waals surface area contributed by atoms with Gasteiger partial charge in [0.15, 0.2) is 0 Å². The smallest absolute Gasteiger partial charge is 0.0606 e. The summed E-state index contributed by atoms with van der Waals surface area (Å²) < 4.78 is 0. The third-order valence-electron chi connectivity index (χ3n) is 3.60. The number of terminal acetylenes is 1. The molecule has 2 atom stereocenters. The van der Waals surface area contributed by atoms with Gasteiger partial charge in [0.25, 0.3) is 0 Å². The van der Waals surface area contributed by atoms with E-state index < -0.39 is 0 Å². The average molecular weight is 201 g/mol. The summed E-state index contributed by atoms with van der Waals surface area (Å²) in [7, 11) is 0. The number of hydrogen-bond acceptors (Lipinski definition) is 1. The second kappa shape index (κ2) is 4.24. The van der Waals surface area contributed by atoms with Gasteiger partial charge >= 0.3 is 0 Å². The number of hydrogen-bond donors (Lipinski definition) is 0. The standard InChI is InChI=1S/C14H19N/c1-4-9-15-11(2)10-13-7-5-6-8-14(13)12(15)3/h1,7-8,11-12H,5-6,9-10H2,2-3H3/t11?,12-/m1/s1. The van der Waals surface area contributed by atoms with Gasteiger partial charge in [-0.1, -0.05) is 18.1 Å². The lowest BCUT2D eigenvalue weighted by molar-refractivity contribution is 0.178. The van der Waals surface area contributed by atoms with Crippen LogP contribution in [0.15, 0.2) is 23.3 Å². The largest absolute Gasteiger partial charge is 0.283 e. The third kappa shape index (κ3) is 1.87. The molecule has 1 aliphatic carbocycles. The Labute approximate surface area is 92.9 Å². The van der Waals surface area contributed by atoms with Gasteiger partial charge in [0, 0.05) is 12.1 Å². The maximum absolute atomic E-state index is 5.43. The summed E-state index contributed by atoms with van der Waals surface area (Å²) >= 11 is 0. The zero-order chi connectivity index (χ0) is 10.8. The quantitative estimate of drug-likeness (QED) is 0.590. The summed E-state index contributed by atoms with van der Waals surface area (Å²) in [5.74, 6) is 2.77. The molecule has 0 N–H and O–H groups in total. The average Bonchev–Trinajstić information content (AvgIpc) is 2.24. The lowest BCUT2D eigenvalue weighted by atomic mass is 9.83. The Morgan fingerprint density at radius 2 is 2.13 bits per heavy atom. The summed E-state index contributed by atoms with van der Waals surface area (Å²) in [6.07, 6.45) is 13.8. The molecule has 80 valence electrons. The first-order chi connectivity index (χ1) is 7.24. The van der Waals surface area contributed by atoms with Crippen molar-refractivity contribution in [3.05, 3.63) is 23.3 Å². The summed E-state index contributed by atoms with van der Waals surface area (Å²) in [6.45, 7) is 5.32. The van der Waals surface area contributed by atoms with E-state index in [1.807, 2.05) is 0 Å². The van der Waals surface area contributed by atoms with Crippen molar-refractivity contribution in [2.75, 3.05) is 6.54 Å². The lowest BCUT2D eigenvalue weighted by Gasteiger charge is -2.42. The zero-order valence-corrected chi connectivity index (χ0v) is 9.66. The number of nitrogens with zero attached hydrogens (tertiary/aromatic N) is 1. The number of piperidine rings is 1. The predicted molar refractivity (Wildman–Crippen MR) is 64.5 cm³/mol. The summed E-state index contributed by atoms with van der Waals surface area (Å²) in [5.41, 5.74) is 3.09. The van der Waals surface area contributed by atoms with E-state index in [2.05, 4.69) is 36.8 Å². The van der Waals surface area contributed by atoms with Crippen LogP contribution in [0.5, 0.6) is 0 Å². The molecule has 0 bridgehead atoms. The minimum atomic E-state index is 0.497. The van der Waals surface area contributed by atoms with Crippen molar-refractivity contribution < 1.29 is 0 Å². The molecule has 1 fully saturated rings. The van der Waals surface area contributed by atoms with E-state index in [0.717, 1.165) is 13.0 Å². The van der Waals surface area contributed by atoms with Crippen LogP contribution < -0.4 is 0 Å². The normalized spacial score (nSPS) is 31.3. The van der Waals surface area contributed by atoms with Crippen LogP contribution in [0, 0.1) is 12.3 Å². The molecule has 0 spiro atoms. The van der Waals surface area contributed by atoms with Crippen LogP contribution in [0.1, 0.15) is 33.1 Å². The fourth-order valence-electron chi connectivity index (χ4n) is 2.78. The van der Waals surface area contributed by atoms with Crippen LogP contribution in [0.2, 0.25) is 0 Å². The minimum Gasteiger partial charge on any atom is -0.283 e. The van der Waals surface area contributed by atoms with Crippen LogP contribution in [0.4, 0.5) is 0 Å². The fourth-order valence-corrected chi connectivity index (χ4v) is 2.78. The highest BCUT2D eigenvalue weighted by Crippen LogP contribution is 2.34. The van der Waals surface area contributed by atoms with Gasteiger partial charge in [-0.2, -0.15) is 0 Å². The summed E-state index contributed by atoms with van der Waals surface area (Å²) in [4.78, 5) is 2.43. The highest BCUT2D eigenvalue weighted by molar-refractivity contribution is 5.40. The van der Waals surface area contributed by atoms with Gasteiger partial charge in [-0.05, 0) is 44.3 Å². The number of fused-ring (bicyclic) bond motifs is 1. The Balaban J connectivity index is 2.23. The van der Waals surface area contributed by atoms with Crippen LogP contribution in [-0.2, 0) is 0 Å². The van der Waals surface area contributed by atoms with Crippen LogP contribution in [0.25, 0.3) is 0 Å². The molecule has 1 heteroatoms. The molecule has 0 radical (unpaired) electrons. The molecule has 2 aliphatic rings. The molecule has 0 saturated carbocycles. The van der Waals surface area contributed by atoms with Crippen molar-refractivity contribution in [1.29, 1.82) is 0 Å². The molecule has 1 saturated heterocycles. The molecule has 1 nitrogen and oxygen atoms in total. The monoisotopic (exact) mass is 201 g/mol. The molecular formula is C14H19N. The molecule has 0 aromatic rings. The molecule has 2 rings (SSSR count). The number of rotatable bonds is 1. The van der Waals surface area contributed by atoms with E-state index in [-0.39, 0.29) is 0 Å². The van der Waals surface area contributed by atoms with Crippen LogP contribution >= 0.6 is 0 Å². The Kier molecular flexibility index (Phi) is 2.98. The topological polar surface area (TPSA) is 3.24 Å². The predicted octanol–water partition coefficient (Wildman–Crippen LogP) is 2.75. The first-order valence-electron chi connectivity index (χ1n) is 5.82. The Bertz CT molecular complexity index is 343. The van der Waals surface area contributed by atoms with Gasteiger partial charge in [-0.25, -0.2) is 0 Å². The van der Waals surface area contributed by atoms with Crippen molar-refractivity contribution >= 4 is 0 Å². The summed E-state index contributed by atoms with van der Waals surface area (Å²) in [6, 6.07) is 1.08. The van der Waals surface area contributed by atoms with Crippen molar-refractivity contribution in [2.24, 2.45) is 0 Å². The minimum absolute atomic E-state index is 0.497. The van der Waals surface area contributed by atoms with Gasteiger partial charge in [0.1, 0.15) is 0 Å². The van der Waals surface area contributed by atoms with Gasteiger partial charge in [0.2, 0.25) is 0 Å². The van der Waals surface area contributed by atoms with E-state index in [4.69, 9.17) is 6.42 Å². The maximum atomic E-state index is 5.43. The van der Waals surface area contributed by atoms with Gasteiger partial charge in [0.05, 0.1) is 6.54 Å². The molecular weight excluding hydrogens is 182 g/mol. The molecule has 0 amide bonds. The van der Waals surface area contributed by atoms with E-state index in [1.165, 1.54) is 18.4 Å². The van der Waals surface area contributed by atoms with Gasteiger partial charge < -0.3 is 0 Å². The van der Waals surface area contributed by atoms with Gasteiger partial charge in [-0.3, -0.25) is 4.90 Å². The van der Waals surface area contributed by atoms with E-state index in [9.17, 15) is 0 Å². The fraction of sp³-hybridized carbons (Fsp3) is 0.571.